The molecule has 17 heavy (non-hydrogen) atoms. The molecule has 5 N–H and O–H groups in total. The minimum atomic E-state index is -1.09. The van der Waals surface area contributed by atoms with Crippen LogP contribution in [-0.2, 0) is 14.4 Å². The number of rotatable bonds is 9. The zero-order valence-electron chi connectivity index (χ0n) is 8.83. The molecule has 2 atom stereocenters. The van der Waals surface area contributed by atoms with Crippen molar-refractivity contribution in [1.82, 2.24) is 4.33 Å². The molecular formula is C8H14N2O5SSe. The van der Waals surface area contributed by atoms with Crippen LogP contribution in [0.2, 0.25) is 0 Å². The van der Waals surface area contributed by atoms with Crippen molar-refractivity contribution >= 4 is 44.4 Å². The first-order chi connectivity index (χ1) is 7.88. The van der Waals surface area contributed by atoms with Crippen LogP contribution in [0.15, 0.2) is 0 Å². The Morgan fingerprint density at radius 3 is 2.35 bits per heavy atom. The maximum atomic E-state index is 11.4. The summed E-state index contributed by atoms with van der Waals surface area (Å²) in [6.07, 6.45) is -0.131. The van der Waals surface area contributed by atoms with Crippen LogP contribution in [0.25, 0.3) is 0 Å². The van der Waals surface area contributed by atoms with E-state index in [2.05, 4.69) is 17.0 Å². The quantitative estimate of drug-likeness (QED) is 0.252. The van der Waals surface area contributed by atoms with Gasteiger partial charge in [0.2, 0.25) is 0 Å². The third-order valence-corrected chi connectivity index (χ3v) is 4.02. The molecule has 0 saturated carbocycles. The van der Waals surface area contributed by atoms with E-state index in [9.17, 15) is 14.4 Å². The first-order valence-electron chi connectivity index (χ1n) is 4.65. The van der Waals surface area contributed by atoms with E-state index in [1.54, 1.807) is 0 Å². The average Bonchev–Trinajstić information content (AvgIpc) is 2.25. The van der Waals surface area contributed by atoms with Crippen LogP contribution in [0, 0.1) is 0 Å². The van der Waals surface area contributed by atoms with Crippen LogP contribution in [0.5, 0.6) is 0 Å². The molecular weight excluding hydrogens is 315 g/mol. The molecule has 0 fully saturated rings. The molecule has 0 aromatic carbocycles. The SMILES string of the molecule is N[C@@H](CCC(=O)O)C(=O)[Se]N[C@@H](CS)C(=O)O. The summed E-state index contributed by atoms with van der Waals surface area (Å²) in [7, 11) is 0. The number of carbonyl (C=O) groups excluding carboxylic acids is 1. The summed E-state index contributed by atoms with van der Waals surface area (Å²) in [6, 6.07) is -1.76. The molecule has 0 aromatic heterocycles. The van der Waals surface area contributed by atoms with Gasteiger partial charge in [0.05, 0.1) is 0 Å². The van der Waals surface area contributed by atoms with Gasteiger partial charge in [0.15, 0.2) is 0 Å². The number of carboxylic acid groups (broad SMARTS) is 2. The topological polar surface area (TPSA) is 130 Å². The van der Waals surface area contributed by atoms with E-state index in [1.807, 2.05) is 0 Å². The van der Waals surface area contributed by atoms with Crippen molar-refractivity contribution in [2.45, 2.75) is 24.9 Å². The monoisotopic (exact) mass is 330 g/mol. The van der Waals surface area contributed by atoms with Crippen LogP contribution in [0.1, 0.15) is 12.8 Å². The molecule has 0 unspecified atom stereocenters. The van der Waals surface area contributed by atoms with Crippen molar-refractivity contribution in [3.63, 3.8) is 0 Å². The molecule has 0 heterocycles. The summed E-state index contributed by atoms with van der Waals surface area (Å²) < 4.78 is 2.19. The standard InChI is InChI=1S/C8H14N2O5SSe/c9-4(1-2-6(11)12)8(15)17-10-5(3-16)7(13)14/h4-5,10,16H,1-3,9H2,(H,11,12)(H,13,14)/t4-,5-/m0/s1. The Bertz CT molecular complexity index is 302. The van der Waals surface area contributed by atoms with Gasteiger partial charge in [-0.3, -0.25) is 0 Å². The fraction of sp³-hybridized carbons (Fsp3) is 0.625. The van der Waals surface area contributed by atoms with Gasteiger partial charge in [-0.1, -0.05) is 0 Å². The van der Waals surface area contributed by atoms with Gasteiger partial charge in [0.1, 0.15) is 0 Å². The molecule has 7 nitrogen and oxygen atoms in total. The van der Waals surface area contributed by atoms with E-state index in [1.165, 1.54) is 0 Å². The molecule has 0 aromatic rings. The molecule has 0 aliphatic rings. The fourth-order valence-corrected chi connectivity index (χ4v) is 2.79. The third kappa shape index (κ3) is 7.35. The maximum absolute atomic E-state index is 11.4. The van der Waals surface area contributed by atoms with Crippen LogP contribution < -0.4 is 10.1 Å². The molecule has 0 bridgehead atoms. The Labute approximate surface area is 110 Å². The van der Waals surface area contributed by atoms with E-state index in [0.29, 0.717) is 0 Å². The van der Waals surface area contributed by atoms with Gasteiger partial charge in [-0.25, -0.2) is 0 Å². The number of carbonyl (C=O) groups is 3. The zero-order valence-corrected chi connectivity index (χ0v) is 11.4. The predicted molar refractivity (Wildman–Crippen MR) is 64.0 cm³/mol. The molecule has 9 heteroatoms. The summed E-state index contributed by atoms with van der Waals surface area (Å²) >= 11 is 3.04. The van der Waals surface area contributed by atoms with Crippen molar-refractivity contribution in [3.8, 4) is 0 Å². The van der Waals surface area contributed by atoms with Crippen molar-refractivity contribution in [2.75, 3.05) is 5.75 Å². The number of nitrogens with two attached hydrogens (primary N) is 1. The number of aliphatic carboxylic acids is 2. The molecule has 0 amide bonds. The summed E-state index contributed by atoms with van der Waals surface area (Å²) in [6.45, 7) is 0. The first-order valence-corrected chi connectivity index (χ1v) is 7.00. The van der Waals surface area contributed by atoms with E-state index in [0.717, 1.165) is 0 Å². The Morgan fingerprint density at radius 1 is 1.35 bits per heavy atom. The van der Waals surface area contributed by atoms with Gasteiger partial charge in [0, 0.05) is 0 Å². The molecule has 0 saturated heterocycles. The zero-order chi connectivity index (χ0) is 13.4. The molecule has 0 aliphatic heterocycles. The Morgan fingerprint density at radius 2 is 1.94 bits per heavy atom. The van der Waals surface area contributed by atoms with Gasteiger partial charge in [-0.05, 0) is 0 Å². The summed E-state index contributed by atoms with van der Waals surface area (Å²) in [5.74, 6) is -2.05. The first kappa shape index (κ1) is 16.4. The Kier molecular flexibility index (Phi) is 8.18. The van der Waals surface area contributed by atoms with Crippen molar-refractivity contribution in [2.24, 2.45) is 5.73 Å². The Hall–Kier alpha value is -0.601. The van der Waals surface area contributed by atoms with Crippen LogP contribution in [-0.4, -0.2) is 59.8 Å². The summed E-state index contributed by atoms with van der Waals surface area (Å²) in [5.41, 5.74) is 5.47. The average molecular weight is 329 g/mol. The molecule has 0 rings (SSSR count). The third-order valence-electron chi connectivity index (χ3n) is 1.75. The van der Waals surface area contributed by atoms with E-state index >= 15 is 0 Å². The predicted octanol–water partition coefficient (Wildman–Crippen LogP) is -1.70. The van der Waals surface area contributed by atoms with E-state index in [-0.39, 0.29) is 23.3 Å². The van der Waals surface area contributed by atoms with Crippen LogP contribution in [0.3, 0.4) is 0 Å². The van der Waals surface area contributed by atoms with Gasteiger partial charge in [0.25, 0.3) is 0 Å². The number of hydrogen-bond acceptors (Lipinski definition) is 6. The Balaban J connectivity index is 3.99. The van der Waals surface area contributed by atoms with Crippen LogP contribution >= 0.6 is 12.6 Å². The molecule has 0 spiro atoms. The van der Waals surface area contributed by atoms with Gasteiger partial charge >= 0.3 is 110 Å². The second-order valence-corrected chi connectivity index (χ2v) is 5.28. The number of hydrogen-bond donors (Lipinski definition) is 5. The van der Waals surface area contributed by atoms with Crippen molar-refractivity contribution < 1.29 is 24.6 Å². The van der Waals surface area contributed by atoms with Gasteiger partial charge < -0.3 is 0 Å². The molecule has 0 aliphatic carbocycles. The van der Waals surface area contributed by atoms with Crippen LogP contribution in [0.4, 0.5) is 0 Å². The number of carboxylic acids is 2. The second-order valence-electron chi connectivity index (χ2n) is 3.15. The minimum absolute atomic E-state index is 0.0518. The number of thiol groups is 1. The van der Waals surface area contributed by atoms with Crippen molar-refractivity contribution in [3.05, 3.63) is 0 Å². The summed E-state index contributed by atoms with van der Waals surface area (Å²) in [4.78, 5) is 32.3. The summed E-state index contributed by atoms with van der Waals surface area (Å²) in [5, 5.41) is 17.1. The molecule has 0 radical (unpaired) electrons. The fourth-order valence-electron chi connectivity index (χ4n) is 0.767. The van der Waals surface area contributed by atoms with E-state index < -0.39 is 39.2 Å². The second kappa shape index (κ2) is 8.48. The van der Waals surface area contributed by atoms with Gasteiger partial charge in [-0.2, -0.15) is 0 Å². The van der Waals surface area contributed by atoms with Gasteiger partial charge in [-0.15, -0.1) is 0 Å². The van der Waals surface area contributed by atoms with Crippen molar-refractivity contribution in [1.29, 1.82) is 0 Å². The number of nitrogens with one attached hydrogen (secondary N) is 1. The normalized spacial score (nSPS) is 14.0. The molecule has 98 valence electrons. The van der Waals surface area contributed by atoms with E-state index in [4.69, 9.17) is 15.9 Å².